The van der Waals surface area contributed by atoms with Crippen LogP contribution in [0.2, 0.25) is 5.02 Å². The zero-order valence-electron chi connectivity index (χ0n) is 15.3. The van der Waals surface area contributed by atoms with Crippen LogP contribution in [0.3, 0.4) is 0 Å². The number of rotatable bonds is 7. The fourth-order valence-corrected chi connectivity index (χ4v) is 3.18. The van der Waals surface area contributed by atoms with E-state index in [0.717, 1.165) is 11.4 Å². The predicted molar refractivity (Wildman–Crippen MR) is 104 cm³/mol. The number of nitrogens with zero attached hydrogens (tertiary/aromatic N) is 4. The summed E-state index contributed by atoms with van der Waals surface area (Å²) in [5.74, 6) is 0.711. The van der Waals surface area contributed by atoms with Crippen molar-refractivity contribution in [2.45, 2.75) is 44.9 Å². The Labute approximate surface area is 162 Å². The van der Waals surface area contributed by atoms with Gasteiger partial charge < -0.3 is 9.88 Å². The molecule has 0 spiro atoms. The molecule has 1 N–H and O–H groups in total. The molecule has 0 aliphatic heterocycles. The lowest BCUT2D eigenvalue weighted by atomic mass is 9.90. The molecule has 0 radical (unpaired) electrons. The van der Waals surface area contributed by atoms with Crippen molar-refractivity contribution in [2.24, 2.45) is 5.92 Å². The van der Waals surface area contributed by atoms with Crippen molar-refractivity contribution >= 4 is 29.3 Å². The first-order valence-electron chi connectivity index (χ1n) is 8.35. The second-order valence-corrected chi connectivity index (χ2v) is 7.74. The Morgan fingerprint density at radius 2 is 2.04 bits per heavy atom. The number of thioether (sulfide) groups is 1. The number of nitrogens with one attached hydrogen (secondary N) is 1. The molecule has 0 bridgehead atoms. The monoisotopic (exact) mass is 391 g/mol. The smallest absolute Gasteiger partial charge is 0.231 e. The van der Waals surface area contributed by atoms with Crippen molar-refractivity contribution < 1.29 is 4.79 Å². The first-order valence-corrected chi connectivity index (χ1v) is 9.71. The van der Waals surface area contributed by atoms with Crippen molar-refractivity contribution in [3.8, 4) is 17.5 Å². The minimum absolute atomic E-state index is 0.0113. The number of nitriles is 1. The van der Waals surface area contributed by atoms with Gasteiger partial charge in [-0.25, -0.2) is 0 Å². The fraction of sp³-hybridized carbons (Fsp3) is 0.444. The highest BCUT2D eigenvalue weighted by Gasteiger charge is 2.30. The second kappa shape index (κ2) is 8.56. The van der Waals surface area contributed by atoms with E-state index in [1.165, 1.54) is 11.8 Å². The van der Waals surface area contributed by atoms with Gasteiger partial charge in [-0.15, -0.1) is 10.2 Å². The molecular weight excluding hydrogens is 370 g/mol. The van der Waals surface area contributed by atoms with Gasteiger partial charge >= 0.3 is 0 Å². The van der Waals surface area contributed by atoms with Gasteiger partial charge in [0.1, 0.15) is 5.54 Å². The third-order valence-electron chi connectivity index (χ3n) is 4.25. The summed E-state index contributed by atoms with van der Waals surface area (Å²) in [5.41, 5.74) is 0.0294. The third-order valence-corrected chi connectivity index (χ3v) is 5.47. The number of carbonyl (C=O) groups is 1. The number of benzene rings is 1. The molecule has 0 fully saturated rings. The van der Waals surface area contributed by atoms with Gasteiger partial charge in [-0.05, 0) is 44.0 Å². The predicted octanol–water partition coefficient (Wildman–Crippen LogP) is 3.76. The normalized spacial score (nSPS) is 13.3. The summed E-state index contributed by atoms with van der Waals surface area (Å²) in [5, 5.41) is 21.9. The number of amides is 1. The molecule has 2 rings (SSSR count). The maximum Gasteiger partial charge on any atom is 0.231 e. The lowest BCUT2D eigenvalue weighted by molar-refractivity contribution is -0.120. The summed E-state index contributed by atoms with van der Waals surface area (Å²) in [6, 6.07) is 9.57. The van der Waals surface area contributed by atoms with E-state index in [-0.39, 0.29) is 17.6 Å². The van der Waals surface area contributed by atoms with Crippen LogP contribution in [-0.2, 0) is 11.3 Å². The Morgan fingerprint density at radius 3 is 2.58 bits per heavy atom. The molecule has 1 aromatic carbocycles. The van der Waals surface area contributed by atoms with Crippen molar-refractivity contribution in [1.82, 2.24) is 20.1 Å². The Balaban J connectivity index is 2.10. The summed E-state index contributed by atoms with van der Waals surface area (Å²) in [6.07, 6.45) is 0. The van der Waals surface area contributed by atoms with E-state index in [1.54, 1.807) is 19.1 Å². The van der Waals surface area contributed by atoms with E-state index in [9.17, 15) is 10.1 Å². The van der Waals surface area contributed by atoms with Crippen LogP contribution in [-0.4, -0.2) is 32.0 Å². The molecule has 1 aromatic heterocycles. The first-order chi connectivity index (χ1) is 12.3. The van der Waals surface area contributed by atoms with Crippen LogP contribution in [0.4, 0.5) is 0 Å². The van der Waals surface area contributed by atoms with Gasteiger partial charge in [0.2, 0.25) is 5.91 Å². The standard InChI is InChI=1S/C18H22ClN5OS/c1-5-24-16(13-6-8-14(19)9-7-13)22-23-17(24)26-10-15(25)21-18(4,11-20)12(2)3/h6-9,12H,5,10H2,1-4H3,(H,21,25). The summed E-state index contributed by atoms with van der Waals surface area (Å²) in [6.45, 7) is 8.22. The highest BCUT2D eigenvalue weighted by molar-refractivity contribution is 7.99. The van der Waals surface area contributed by atoms with Gasteiger partial charge in [0.25, 0.3) is 0 Å². The van der Waals surface area contributed by atoms with Crippen molar-refractivity contribution in [3.63, 3.8) is 0 Å². The molecule has 8 heteroatoms. The van der Waals surface area contributed by atoms with Gasteiger partial charge in [-0.1, -0.05) is 37.2 Å². The number of halogens is 1. The molecule has 0 saturated heterocycles. The largest absolute Gasteiger partial charge is 0.337 e. The topological polar surface area (TPSA) is 83.6 Å². The molecule has 6 nitrogen and oxygen atoms in total. The molecule has 26 heavy (non-hydrogen) atoms. The average molecular weight is 392 g/mol. The lowest BCUT2D eigenvalue weighted by Gasteiger charge is -2.27. The van der Waals surface area contributed by atoms with Crippen LogP contribution < -0.4 is 5.32 Å². The summed E-state index contributed by atoms with van der Waals surface area (Å²) < 4.78 is 1.95. The maximum atomic E-state index is 12.3. The Bertz CT molecular complexity index is 812. The SMILES string of the molecule is CCn1c(SCC(=O)NC(C)(C#N)C(C)C)nnc1-c1ccc(Cl)cc1. The molecule has 0 saturated carbocycles. The van der Waals surface area contributed by atoms with E-state index in [4.69, 9.17) is 11.6 Å². The Morgan fingerprint density at radius 1 is 1.38 bits per heavy atom. The zero-order valence-corrected chi connectivity index (χ0v) is 16.9. The fourth-order valence-electron chi connectivity index (χ4n) is 2.25. The van der Waals surface area contributed by atoms with Crippen LogP contribution in [0, 0.1) is 17.2 Å². The highest BCUT2D eigenvalue weighted by Crippen LogP contribution is 2.25. The van der Waals surface area contributed by atoms with E-state index in [0.29, 0.717) is 16.7 Å². The molecular formula is C18H22ClN5OS. The number of carbonyl (C=O) groups excluding carboxylic acids is 1. The van der Waals surface area contributed by atoms with Crippen LogP contribution in [0.25, 0.3) is 11.4 Å². The minimum Gasteiger partial charge on any atom is -0.337 e. The number of hydrogen-bond acceptors (Lipinski definition) is 5. The molecule has 0 aliphatic rings. The first kappa shape index (κ1) is 20.3. The van der Waals surface area contributed by atoms with Crippen molar-refractivity contribution in [1.29, 1.82) is 5.26 Å². The molecule has 1 atom stereocenters. The van der Waals surface area contributed by atoms with Crippen molar-refractivity contribution in [3.05, 3.63) is 29.3 Å². The molecule has 138 valence electrons. The van der Waals surface area contributed by atoms with Gasteiger partial charge in [0.05, 0.1) is 11.8 Å². The van der Waals surface area contributed by atoms with Crippen molar-refractivity contribution in [2.75, 3.05) is 5.75 Å². The van der Waals surface area contributed by atoms with Crippen LogP contribution in [0.1, 0.15) is 27.7 Å². The lowest BCUT2D eigenvalue weighted by Crippen LogP contribution is -2.49. The van der Waals surface area contributed by atoms with Crippen LogP contribution >= 0.6 is 23.4 Å². The summed E-state index contributed by atoms with van der Waals surface area (Å²) in [4.78, 5) is 12.3. The molecule has 2 aromatic rings. The zero-order chi connectivity index (χ0) is 19.3. The van der Waals surface area contributed by atoms with Gasteiger partial charge in [-0.2, -0.15) is 5.26 Å². The summed E-state index contributed by atoms with van der Waals surface area (Å²) >= 11 is 7.24. The average Bonchev–Trinajstić information content (AvgIpc) is 3.03. The Kier molecular flexibility index (Phi) is 6.68. The van der Waals surface area contributed by atoms with Crippen LogP contribution in [0.5, 0.6) is 0 Å². The van der Waals surface area contributed by atoms with Gasteiger partial charge in [-0.3, -0.25) is 4.79 Å². The molecule has 1 amide bonds. The summed E-state index contributed by atoms with van der Waals surface area (Å²) in [7, 11) is 0. The third kappa shape index (κ3) is 4.57. The minimum atomic E-state index is -0.884. The van der Waals surface area contributed by atoms with E-state index >= 15 is 0 Å². The number of aromatic nitrogens is 3. The molecule has 0 aliphatic carbocycles. The van der Waals surface area contributed by atoms with Gasteiger partial charge in [0, 0.05) is 17.1 Å². The van der Waals surface area contributed by atoms with Gasteiger partial charge in [0.15, 0.2) is 11.0 Å². The van der Waals surface area contributed by atoms with E-state index in [1.807, 2.05) is 37.5 Å². The van der Waals surface area contributed by atoms with E-state index in [2.05, 4.69) is 21.6 Å². The Hall–Kier alpha value is -2.04. The quantitative estimate of drug-likeness (QED) is 0.726. The van der Waals surface area contributed by atoms with Crippen LogP contribution in [0.15, 0.2) is 29.4 Å². The second-order valence-electron chi connectivity index (χ2n) is 6.36. The number of hydrogen-bond donors (Lipinski definition) is 1. The maximum absolute atomic E-state index is 12.3. The molecule has 1 heterocycles. The highest BCUT2D eigenvalue weighted by atomic mass is 35.5. The van der Waals surface area contributed by atoms with E-state index < -0.39 is 5.54 Å². The molecule has 1 unspecified atom stereocenters.